The summed E-state index contributed by atoms with van der Waals surface area (Å²) in [4.78, 5) is 33.4. The van der Waals surface area contributed by atoms with Crippen LogP contribution in [0.15, 0.2) is 64.5 Å². The minimum absolute atomic E-state index is 0.0416. The van der Waals surface area contributed by atoms with E-state index in [0.717, 1.165) is 46.4 Å². The predicted molar refractivity (Wildman–Crippen MR) is 137 cm³/mol. The van der Waals surface area contributed by atoms with E-state index in [0.29, 0.717) is 11.1 Å². The zero-order valence-corrected chi connectivity index (χ0v) is 20.3. The van der Waals surface area contributed by atoms with Crippen LogP contribution in [0.2, 0.25) is 0 Å². The maximum Gasteiger partial charge on any atom is 0.267 e. The number of carbonyl (C=O) groups excluding carboxylic acids is 1. The molecule has 33 heavy (non-hydrogen) atoms. The number of carbonyl (C=O) groups is 1. The summed E-state index contributed by atoms with van der Waals surface area (Å²) >= 11 is 2.93. The van der Waals surface area contributed by atoms with Gasteiger partial charge in [-0.3, -0.25) is 14.2 Å². The zero-order valence-electron chi connectivity index (χ0n) is 18.6. The van der Waals surface area contributed by atoms with Gasteiger partial charge in [-0.25, -0.2) is 4.98 Å². The molecular weight excluding hydrogens is 450 g/mol. The highest BCUT2D eigenvalue weighted by molar-refractivity contribution is 7.99. The quantitative estimate of drug-likeness (QED) is 0.301. The monoisotopic (exact) mass is 475 g/mol. The van der Waals surface area contributed by atoms with Crippen molar-refractivity contribution in [2.75, 3.05) is 11.1 Å². The summed E-state index contributed by atoms with van der Waals surface area (Å²) < 4.78 is 1.67. The molecule has 0 bridgehead atoms. The Morgan fingerprint density at radius 3 is 2.73 bits per heavy atom. The Morgan fingerprint density at radius 1 is 1.18 bits per heavy atom. The fourth-order valence-electron chi connectivity index (χ4n) is 4.30. The number of amides is 1. The van der Waals surface area contributed by atoms with Crippen LogP contribution >= 0.6 is 23.1 Å². The number of para-hydroxylation sites is 2. The number of hydrogen-bond acceptors (Lipinski definition) is 5. The number of benzene rings is 2. The van der Waals surface area contributed by atoms with Crippen LogP contribution in [0.1, 0.15) is 29.3 Å². The molecule has 0 saturated carbocycles. The number of rotatable bonds is 5. The fraction of sp³-hybridized carbons (Fsp3) is 0.269. The number of thiophene rings is 1. The number of aromatic nitrogens is 2. The normalized spacial score (nSPS) is 15.4. The van der Waals surface area contributed by atoms with Gasteiger partial charge >= 0.3 is 0 Å². The summed E-state index contributed by atoms with van der Waals surface area (Å²) in [5.74, 6) is 0.671. The lowest BCUT2D eigenvalue weighted by Crippen LogP contribution is -2.23. The van der Waals surface area contributed by atoms with Gasteiger partial charge in [0.05, 0.1) is 16.8 Å². The largest absolute Gasteiger partial charge is 0.325 e. The second-order valence-electron chi connectivity index (χ2n) is 8.55. The van der Waals surface area contributed by atoms with Crippen LogP contribution in [0.25, 0.3) is 15.9 Å². The molecular formula is C26H25N3O2S2. The van der Waals surface area contributed by atoms with E-state index in [1.165, 1.54) is 22.2 Å². The van der Waals surface area contributed by atoms with Crippen molar-refractivity contribution in [2.45, 2.75) is 38.3 Å². The molecule has 1 amide bonds. The summed E-state index contributed by atoms with van der Waals surface area (Å²) in [6, 6.07) is 17.3. The summed E-state index contributed by atoms with van der Waals surface area (Å²) in [5.41, 5.74) is 3.70. The number of anilines is 1. The van der Waals surface area contributed by atoms with Gasteiger partial charge in [0.25, 0.3) is 5.56 Å². The molecule has 2 aromatic heterocycles. The maximum atomic E-state index is 13.8. The van der Waals surface area contributed by atoms with E-state index in [9.17, 15) is 9.59 Å². The summed E-state index contributed by atoms with van der Waals surface area (Å²) in [5, 5.41) is 4.26. The van der Waals surface area contributed by atoms with Crippen molar-refractivity contribution in [3.8, 4) is 5.69 Å². The molecule has 2 heterocycles. The topological polar surface area (TPSA) is 64.0 Å². The molecule has 5 nitrogen and oxygen atoms in total. The van der Waals surface area contributed by atoms with Crippen LogP contribution in [0.5, 0.6) is 0 Å². The Balaban J connectivity index is 1.52. The van der Waals surface area contributed by atoms with Crippen molar-refractivity contribution in [1.29, 1.82) is 0 Å². The van der Waals surface area contributed by atoms with E-state index in [4.69, 9.17) is 4.98 Å². The van der Waals surface area contributed by atoms with Crippen molar-refractivity contribution in [1.82, 2.24) is 9.55 Å². The lowest BCUT2D eigenvalue weighted by molar-refractivity contribution is -0.113. The van der Waals surface area contributed by atoms with Crippen LogP contribution in [0, 0.1) is 12.8 Å². The Hall–Kier alpha value is -2.90. The van der Waals surface area contributed by atoms with E-state index in [1.807, 2.05) is 61.5 Å². The smallest absolute Gasteiger partial charge is 0.267 e. The highest BCUT2D eigenvalue weighted by Crippen LogP contribution is 2.37. The third-order valence-corrected chi connectivity index (χ3v) is 8.15. The molecule has 0 saturated heterocycles. The maximum absolute atomic E-state index is 13.8. The number of nitrogens with one attached hydrogen (secondary N) is 1. The Morgan fingerprint density at radius 2 is 1.94 bits per heavy atom. The van der Waals surface area contributed by atoms with Crippen molar-refractivity contribution in [2.24, 2.45) is 5.92 Å². The standard InChI is InChI=1S/C26H25N3O2S2/c1-16-12-13-19-21(14-16)33-24-23(19)25(31)29(18-9-4-3-5-10-18)26(28-24)32-15-22(30)27-20-11-7-6-8-17(20)2/h3-11,16H,12-15H2,1-2H3,(H,27,30)/t16-/m0/s1. The highest BCUT2D eigenvalue weighted by Gasteiger charge is 2.25. The van der Waals surface area contributed by atoms with E-state index >= 15 is 0 Å². The van der Waals surface area contributed by atoms with E-state index < -0.39 is 0 Å². The molecule has 0 fully saturated rings. The van der Waals surface area contributed by atoms with Crippen LogP contribution in [-0.2, 0) is 17.6 Å². The third-order valence-electron chi connectivity index (χ3n) is 6.06. The predicted octanol–water partition coefficient (Wildman–Crippen LogP) is 5.61. The lowest BCUT2D eigenvalue weighted by Gasteiger charge is -2.17. The molecule has 168 valence electrons. The zero-order chi connectivity index (χ0) is 22.9. The minimum Gasteiger partial charge on any atom is -0.325 e. The number of fused-ring (bicyclic) bond motifs is 3. The van der Waals surface area contributed by atoms with Gasteiger partial charge in [-0.05, 0) is 61.4 Å². The molecule has 0 aliphatic heterocycles. The van der Waals surface area contributed by atoms with E-state index in [1.54, 1.807) is 15.9 Å². The lowest BCUT2D eigenvalue weighted by atomic mass is 9.89. The van der Waals surface area contributed by atoms with Gasteiger partial charge in [-0.1, -0.05) is 55.1 Å². The van der Waals surface area contributed by atoms with E-state index in [2.05, 4.69) is 12.2 Å². The molecule has 0 radical (unpaired) electrons. The second kappa shape index (κ2) is 9.15. The van der Waals surface area contributed by atoms with Crippen molar-refractivity contribution in [3.63, 3.8) is 0 Å². The highest BCUT2D eigenvalue weighted by atomic mass is 32.2. The minimum atomic E-state index is -0.123. The molecule has 7 heteroatoms. The van der Waals surface area contributed by atoms with Gasteiger partial charge < -0.3 is 5.32 Å². The first-order valence-electron chi connectivity index (χ1n) is 11.1. The van der Waals surface area contributed by atoms with Gasteiger partial charge in [0, 0.05) is 10.6 Å². The van der Waals surface area contributed by atoms with Gasteiger partial charge in [0.1, 0.15) is 4.83 Å². The number of aryl methyl sites for hydroxylation is 2. The van der Waals surface area contributed by atoms with Gasteiger partial charge in [0.2, 0.25) is 5.91 Å². The molecule has 1 atom stereocenters. The molecule has 1 N–H and O–H groups in total. The van der Waals surface area contributed by atoms with Crippen molar-refractivity contribution in [3.05, 3.63) is 81.0 Å². The first-order chi connectivity index (χ1) is 16.0. The second-order valence-corrected chi connectivity index (χ2v) is 10.6. The Bertz CT molecular complexity index is 1390. The molecule has 0 spiro atoms. The molecule has 2 aromatic carbocycles. The SMILES string of the molecule is Cc1ccccc1NC(=O)CSc1nc2sc3c(c2c(=O)n1-c1ccccc1)CC[C@H](C)C3. The molecule has 0 unspecified atom stereocenters. The first-order valence-corrected chi connectivity index (χ1v) is 12.9. The third kappa shape index (κ3) is 4.35. The summed E-state index contributed by atoms with van der Waals surface area (Å²) in [6.45, 7) is 4.22. The number of thioether (sulfide) groups is 1. The van der Waals surface area contributed by atoms with Crippen molar-refractivity contribution >= 4 is 44.9 Å². The molecule has 1 aliphatic rings. The number of hydrogen-bond donors (Lipinski definition) is 1. The van der Waals surface area contributed by atoms with Gasteiger partial charge in [-0.2, -0.15) is 0 Å². The van der Waals surface area contributed by atoms with Crippen LogP contribution in [0.4, 0.5) is 5.69 Å². The molecule has 4 aromatic rings. The number of nitrogens with zero attached hydrogens (tertiary/aromatic N) is 2. The molecule has 1 aliphatic carbocycles. The summed E-state index contributed by atoms with van der Waals surface area (Å²) in [7, 11) is 0. The van der Waals surface area contributed by atoms with E-state index in [-0.39, 0.29) is 17.2 Å². The average Bonchev–Trinajstić information content (AvgIpc) is 3.17. The Labute approximate surface area is 200 Å². The van der Waals surface area contributed by atoms with Crippen LogP contribution in [0.3, 0.4) is 0 Å². The first kappa shape index (κ1) is 21.9. The van der Waals surface area contributed by atoms with Crippen molar-refractivity contribution < 1.29 is 4.79 Å². The fourth-order valence-corrected chi connectivity index (χ4v) is 6.54. The van der Waals surface area contributed by atoms with Gasteiger partial charge in [-0.15, -0.1) is 11.3 Å². The van der Waals surface area contributed by atoms with Crippen LogP contribution < -0.4 is 10.9 Å². The molecule has 5 rings (SSSR count). The summed E-state index contributed by atoms with van der Waals surface area (Å²) in [6.07, 6.45) is 3.02. The average molecular weight is 476 g/mol. The Kier molecular flexibility index (Phi) is 6.08. The van der Waals surface area contributed by atoms with Gasteiger partial charge in [0.15, 0.2) is 5.16 Å². The van der Waals surface area contributed by atoms with Crippen LogP contribution in [-0.4, -0.2) is 21.2 Å².